The van der Waals surface area contributed by atoms with E-state index in [0.29, 0.717) is 22.1 Å². The van der Waals surface area contributed by atoms with Gasteiger partial charge in [0, 0.05) is 10.8 Å². The van der Waals surface area contributed by atoms with Gasteiger partial charge in [0.05, 0.1) is 17.8 Å². The van der Waals surface area contributed by atoms with Gasteiger partial charge in [-0.3, -0.25) is 0 Å². The molecule has 0 amide bonds. The summed E-state index contributed by atoms with van der Waals surface area (Å²) in [7, 11) is 0. The third-order valence-corrected chi connectivity index (χ3v) is 10.2. The first kappa shape index (κ1) is 19.6. The molecular weight excluding hydrogens is 641 g/mol. The van der Waals surface area contributed by atoms with Crippen molar-refractivity contribution in [3.8, 4) is 44.5 Å². The molecule has 0 radical (unpaired) electrons. The van der Waals surface area contributed by atoms with Gasteiger partial charge in [-0.15, -0.1) is 0 Å². The first-order valence-electron chi connectivity index (χ1n) is 23.7. The predicted molar refractivity (Wildman–Crippen MR) is 225 cm³/mol. The fourth-order valence-electron chi connectivity index (χ4n) is 7.97. The summed E-state index contributed by atoms with van der Waals surface area (Å²) in [6, 6.07) is 29.2. The van der Waals surface area contributed by atoms with E-state index in [1.54, 1.807) is 6.07 Å². The molecule has 53 heavy (non-hydrogen) atoms. The molecule has 0 spiro atoms. The summed E-state index contributed by atoms with van der Waals surface area (Å²) < 4.78 is 123. The van der Waals surface area contributed by atoms with Crippen molar-refractivity contribution in [2.45, 2.75) is 0 Å². The molecule has 1 heterocycles. The van der Waals surface area contributed by atoms with Crippen molar-refractivity contribution in [3.05, 3.63) is 194 Å². The summed E-state index contributed by atoms with van der Waals surface area (Å²) in [5.41, 5.74) is 4.77. The van der Waals surface area contributed by atoms with Gasteiger partial charge < -0.3 is 4.42 Å². The van der Waals surface area contributed by atoms with E-state index in [1.165, 1.54) is 0 Å². The van der Waals surface area contributed by atoms with Crippen molar-refractivity contribution in [2.24, 2.45) is 0 Å². The number of furan rings is 1. The second-order valence-electron chi connectivity index (χ2n) is 13.0. The number of fused-ring (bicyclic) bond motifs is 7. The van der Waals surface area contributed by atoms with Crippen LogP contribution in [0, 0.1) is 0 Å². The highest BCUT2D eigenvalue weighted by Crippen LogP contribution is 2.47. The van der Waals surface area contributed by atoms with Crippen molar-refractivity contribution in [2.75, 3.05) is 0 Å². The molecule has 0 bridgehead atoms. The second kappa shape index (κ2) is 11.8. The number of rotatable bonds is 4. The zero-order chi connectivity index (χ0) is 46.2. The summed E-state index contributed by atoms with van der Waals surface area (Å²) in [6.45, 7) is 0. The van der Waals surface area contributed by atoms with Gasteiger partial charge >= 0.3 is 0 Å². The van der Waals surface area contributed by atoms with E-state index in [9.17, 15) is 5.48 Å². The Labute approximate surface area is 325 Å². The van der Waals surface area contributed by atoms with Crippen LogP contribution in [-0.2, 0) is 0 Å². The van der Waals surface area contributed by atoms with Gasteiger partial charge in [-0.05, 0) is 106 Å². The van der Waals surface area contributed by atoms with Gasteiger partial charge in [-0.25, -0.2) is 0 Å². The lowest BCUT2D eigenvalue weighted by molar-refractivity contribution is 0.669. The third kappa shape index (κ3) is 4.58. The molecule has 11 rings (SSSR count). The Bertz CT molecular complexity index is 3870. The predicted octanol–water partition coefficient (Wildman–Crippen LogP) is 14.9. The van der Waals surface area contributed by atoms with Crippen molar-refractivity contribution < 1.29 is 22.2 Å². The lowest BCUT2D eigenvalue weighted by Gasteiger charge is -2.19. The molecule has 0 aliphatic rings. The molecule has 11 aromatic rings. The van der Waals surface area contributed by atoms with Crippen LogP contribution in [-0.4, -0.2) is 0 Å². The Morgan fingerprint density at radius 1 is 0.340 bits per heavy atom. The van der Waals surface area contributed by atoms with Crippen molar-refractivity contribution >= 4 is 65.0 Å². The summed E-state index contributed by atoms with van der Waals surface area (Å²) in [5.74, 6) is 0. The summed E-state index contributed by atoms with van der Waals surface area (Å²) >= 11 is 0. The molecule has 1 nitrogen and oxygen atoms in total. The summed E-state index contributed by atoms with van der Waals surface area (Å²) in [5, 5.41) is 4.54. The lowest BCUT2D eigenvalue weighted by atomic mass is 9.83. The smallest absolute Gasteiger partial charge is 0.136 e. The van der Waals surface area contributed by atoms with Gasteiger partial charge in [0.1, 0.15) is 11.2 Å². The number of benzene rings is 10. The Hall–Kier alpha value is -6.96. The fraction of sp³-hybridized carbons (Fsp3) is 0. The van der Waals surface area contributed by atoms with E-state index in [1.807, 2.05) is 72.8 Å². The van der Waals surface area contributed by atoms with Gasteiger partial charge in [-0.1, -0.05) is 176 Å². The van der Waals surface area contributed by atoms with Crippen molar-refractivity contribution in [3.63, 3.8) is 0 Å². The van der Waals surface area contributed by atoms with Crippen LogP contribution in [0.3, 0.4) is 0 Å². The van der Waals surface area contributed by atoms with Gasteiger partial charge in [-0.2, -0.15) is 0 Å². The van der Waals surface area contributed by atoms with Crippen LogP contribution in [0.2, 0.25) is 0 Å². The molecule has 0 fully saturated rings. The second-order valence-corrected chi connectivity index (χ2v) is 13.0. The molecule has 1 heteroatoms. The fourth-order valence-corrected chi connectivity index (χ4v) is 7.97. The Morgan fingerprint density at radius 3 is 1.68 bits per heavy atom. The van der Waals surface area contributed by atoms with Crippen molar-refractivity contribution in [1.82, 2.24) is 0 Å². The summed E-state index contributed by atoms with van der Waals surface area (Å²) in [6.07, 6.45) is 0. The largest absolute Gasteiger partial charge is 0.456 e. The zero-order valence-corrected chi connectivity index (χ0v) is 27.9. The van der Waals surface area contributed by atoms with E-state index in [4.69, 9.17) is 16.8 Å². The van der Waals surface area contributed by atoms with E-state index in [2.05, 4.69) is 36.4 Å². The highest BCUT2D eigenvalue weighted by atomic mass is 16.3. The Kier molecular flexibility index (Phi) is 4.36. The SMILES string of the molecule is [2H]c1c([2H])c([2H])c(-c2c3c([2H])c([2H])c([2H])c([2H])c3c(-c3ccc(-c4cccc5oc6ccc(-c7cccc8ccccc78)cc6c45)c4ccccc34)c3c([2H])c([2H])c([2H])c([2H])c23)c([2H])c1[2H]. The van der Waals surface area contributed by atoms with Gasteiger partial charge in [0.25, 0.3) is 0 Å². The number of hydrogen-bond acceptors (Lipinski definition) is 1. The molecule has 1 aromatic heterocycles. The molecule has 0 aliphatic carbocycles. The average Bonchev–Trinajstić information content (AvgIpc) is 3.72. The molecule has 0 aliphatic heterocycles. The van der Waals surface area contributed by atoms with Gasteiger partial charge in [0.15, 0.2) is 0 Å². The maximum atomic E-state index is 9.46. The van der Waals surface area contributed by atoms with E-state index in [-0.39, 0.29) is 32.7 Å². The minimum atomic E-state index is -0.718. The maximum Gasteiger partial charge on any atom is 0.136 e. The Morgan fingerprint density at radius 2 is 0.925 bits per heavy atom. The van der Waals surface area contributed by atoms with Crippen LogP contribution in [0.5, 0.6) is 0 Å². The number of hydrogen-bond donors (Lipinski definition) is 0. The van der Waals surface area contributed by atoms with E-state index >= 15 is 0 Å². The van der Waals surface area contributed by atoms with Crippen LogP contribution in [0.1, 0.15) is 17.8 Å². The van der Waals surface area contributed by atoms with E-state index < -0.39 is 84.1 Å². The van der Waals surface area contributed by atoms with Crippen LogP contribution in [0.25, 0.3) is 110 Å². The molecule has 0 saturated carbocycles. The molecule has 0 atom stereocenters. The highest BCUT2D eigenvalue weighted by molar-refractivity contribution is 6.25. The Balaban J connectivity index is 1.27. The van der Waals surface area contributed by atoms with E-state index in [0.717, 1.165) is 49.2 Å². The first-order chi connectivity index (χ1) is 31.7. The van der Waals surface area contributed by atoms with Crippen LogP contribution in [0.15, 0.2) is 198 Å². The van der Waals surface area contributed by atoms with Crippen LogP contribution < -0.4 is 0 Å². The maximum absolute atomic E-state index is 9.46. The molecule has 0 unspecified atom stereocenters. The summed E-state index contributed by atoms with van der Waals surface area (Å²) in [4.78, 5) is 0. The molecule has 10 aromatic carbocycles. The van der Waals surface area contributed by atoms with Gasteiger partial charge in [0.2, 0.25) is 0 Å². The lowest BCUT2D eigenvalue weighted by Crippen LogP contribution is -1.92. The van der Waals surface area contributed by atoms with Crippen molar-refractivity contribution in [1.29, 1.82) is 0 Å². The average molecular weight is 686 g/mol. The van der Waals surface area contributed by atoms with Crippen LogP contribution in [0.4, 0.5) is 0 Å². The highest BCUT2D eigenvalue weighted by Gasteiger charge is 2.20. The molecule has 0 N–H and O–H groups in total. The first-order valence-corrected chi connectivity index (χ1v) is 17.2. The zero-order valence-electron chi connectivity index (χ0n) is 40.9. The molecular formula is C52H32O. The molecule has 0 saturated heterocycles. The topological polar surface area (TPSA) is 13.1 Å². The standard InChI is InChI=1S/C52H32O/c1-2-15-34(16-3-1)50-42-21-8-10-23-44(42)51(45-24-11-9-22-43(45)50)46-30-29-40(38-19-6-7-20-39(38)46)41-26-13-27-49-52(41)47-32-35(28-31-48(47)53-49)37-25-12-17-33-14-4-5-18-36(33)37/h1-32H/i1D,2D,3D,8D,9D,10D,11D,15D,16D,21D,22D,23D,24D. The minimum Gasteiger partial charge on any atom is -0.456 e. The normalized spacial score (nSPS) is 15.2. The quantitative estimate of drug-likeness (QED) is 0.168. The minimum absolute atomic E-state index is 0.0737. The monoisotopic (exact) mass is 685 g/mol. The van der Waals surface area contributed by atoms with Crippen LogP contribution >= 0.6 is 0 Å². The third-order valence-electron chi connectivity index (χ3n) is 10.2. The molecule has 246 valence electrons.